The van der Waals surface area contributed by atoms with Crippen molar-refractivity contribution in [1.82, 2.24) is 9.78 Å². The van der Waals surface area contributed by atoms with Gasteiger partial charge in [-0.15, -0.1) is 0 Å². The lowest BCUT2D eigenvalue weighted by atomic mass is 10.2. The highest BCUT2D eigenvalue weighted by Gasteiger charge is 2.02. The van der Waals surface area contributed by atoms with Crippen molar-refractivity contribution in [2.45, 2.75) is 13.5 Å². The molecule has 4 nitrogen and oxygen atoms in total. The van der Waals surface area contributed by atoms with Crippen LogP contribution in [0.1, 0.15) is 5.56 Å². The highest BCUT2D eigenvalue weighted by Crippen LogP contribution is 2.18. The summed E-state index contributed by atoms with van der Waals surface area (Å²) in [7, 11) is 0. The van der Waals surface area contributed by atoms with Crippen LogP contribution in [0.25, 0.3) is 0 Å². The Morgan fingerprint density at radius 2 is 2.24 bits per heavy atom. The highest BCUT2D eigenvalue weighted by atomic mass is 19.1. The van der Waals surface area contributed by atoms with Crippen LogP contribution in [-0.2, 0) is 6.54 Å². The van der Waals surface area contributed by atoms with Crippen molar-refractivity contribution >= 4 is 5.82 Å². The number of aromatic nitrogens is 2. The standard InChI is InChI=1S/C12H14FN3O/c1-9-2-3-10(13)8-11(9)17-7-6-16-5-4-12(14)15-16/h2-5,8H,6-7H2,1H3,(H2,14,15). The predicted molar refractivity (Wildman–Crippen MR) is 63.3 cm³/mol. The van der Waals surface area contributed by atoms with Crippen LogP contribution >= 0.6 is 0 Å². The van der Waals surface area contributed by atoms with E-state index in [1.165, 1.54) is 12.1 Å². The van der Waals surface area contributed by atoms with Crippen molar-refractivity contribution in [1.29, 1.82) is 0 Å². The Morgan fingerprint density at radius 3 is 2.94 bits per heavy atom. The van der Waals surface area contributed by atoms with E-state index in [-0.39, 0.29) is 5.82 Å². The summed E-state index contributed by atoms with van der Waals surface area (Å²) < 4.78 is 20.2. The van der Waals surface area contributed by atoms with E-state index in [1.807, 2.05) is 6.92 Å². The smallest absolute Gasteiger partial charge is 0.145 e. The van der Waals surface area contributed by atoms with Gasteiger partial charge in [-0.25, -0.2) is 4.39 Å². The quantitative estimate of drug-likeness (QED) is 0.881. The van der Waals surface area contributed by atoms with Crippen molar-refractivity contribution < 1.29 is 9.13 Å². The monoisotopic (exact) mass is 235 g/mol. The molecule has 2 aromatic rings. The molecule has 0 radical (unpaired) electrons. The fraction of sp³-hybridized carbons (Fsp3) is 0.250. The minimum absolute atomic E-state index is 0.297. The maximum atomic E-state index is 13.0. The second kappa shape index (κ2) is 4.86. The van der Waals surface area contributed by atoms with Gasteiger partial charge in [0.15, 0.2) is 0 Å². The van der Waals surface area contributed by atoms with E-state index in [9.17, 15) is 4.39 Å². The lowest BCUT2D eigenvalue weighted by Gasteiger charge is -2.09. The molecule has 0 atom stereocenters. The Morgan fingerprint density at radius 1 is 1.41 bits per heavy atom. The summed E-state index contributed by atoms with van der Waals surface area (Å²) in [5.74, 6) is 0.742. The Balaban J connectivity index is 1.91. The topological polar surface area (TPSA) is 53.1 Å². The summed E-state index contributed by atoms with van der Waals surface area (Å²) in [6, 6.07) is 6.20. The van der Waals surface area contributed by atoms with Gasteiger partial charge in [-0.3, -0.25) is 4.68 Å². The van der Waals surface area contributed by atoms with E-state index < -0.39 is 0 Å². The number of hydrogen-bond acceptors (Lipinski definition) is 3. The van der Waals surface area contributed by atoms with Crippen LogP contribution in [-0.4, -0.2) is 16.4 Å². The van der Waals surface area contributed by atoms with E-state index in [0.29, 0.717) is 24.7 Å². The summed E-state index contributed by atoms with van der Waals surface area (Å²) >= 11 is 0. The number of benzene rings is 1. The number of aryl methyl sites for hydroxylation is 1. The molecule has 0 bridgehead atoms. The van der Waals surface area contributed by atoms with Crippen LogP contribution in [0.15, 0.2) is 30.5 Å². The molecule has 90 valence electrons. The summed E-state index contributed by atoms with van der Waals surface area (Å²) in [5, 5.41) is 4.02. The van der Waals surface area contributed by atoms with Crippen molar-refractivity contribution in [2.75, 3.05) is 12.3 Å². The van der Waals surface area contributed by atoms with E-state index in [0.717, 1.165) is 5.56 Å². The molecule has 0 saturated carbocycles. The molecule has 1 heterocycles. The third-order valence-electron chi connectivity index (χ3n) is 2.39. The molecule has 0 unspecified atom stereocenters. The number of hydrogen-bond donors (Lipinski definition) is 1. The molecule has 2 rings (SSSR count). The first-order chi connectivity index (χ1) is 8.15. The minimum atomic E-state index is -0.297. The van der Waals surface area contributed by atoms with Crippen molar-refractivity contribution in [2.24, 2.45) is 0 Å². The Kier molecular flexibility index (Phi) is 3.27. The number of anilines is 1. The lowest BCUT2D eigenvalue weighted by molar-refractivity contribution is 0.288. The van der Waals surface area contributed by atoms with E-state index >= 15 is 0 Å². The molecule has 1 aromatic carbocycles. The maximum Gasteiger partial charge on any atom is 0.145 e. The van der Waals surface area contributed by atoms with E-state index in [4.69, 9.17) is 10.5 Å². The molecular formula is C12H14FN3O. The maximum absolute atomic E-state index is 13.0. The zero-order valence-corrected chi connectivity index (χ0v) is 9.56. The number of nitrogens with zero attached hydrogens (tertiary/aromatic N) is 2. The van der Waals surface area contributed by atoms with Crippen LogP contribution in [0.3, 0.4) is 0 Å². The van der Waals surface area contributed by atoms with Crippen LogP contribution in [0.5, 0.6) is 5.75 Å². The van der Waals surface area contributed by atoms with Crippen molar-refractivity contribution in [3.8, 4) is 5.75 Å². The van der Waals surface area contributed by atoms with E-state index in [2.05, 4.69) is 5.10 Å². The summed E-state index contributed by atoms with van der Waals surface area (Å²) in [5.41, 5.74) is 6.39. The number of ether oxygens (including phenoxy) is 1. The molecular weight excluding hydrogens is 221 g/mol. The molecule has 0 amide bonds. The molecule has 0 spiro atoms. The van der Waals surface area contributed by atoms with Gasteiger partial charge in [0, 0.05) is 12.3 Å². The minimum Gasteiger partial charge on any atom is -0.491 e. The fourth-order valence-corrected chi connectivity index (χ4v) is 1.48. The first-order valence-electron chi connectivity index (χ1n) is 5.33. The van der Waals surface area contributed by atoms with Gasteiger partial charge in [0.1, 0.15) is 24.0 Å². The zero-order chi connectivity index (χ0) is 12.3. The first kappa shape index (κ1) is 11.4. The number of rotatable bonds is 4. The molecule has 0 aliphatic rings. The average molecular weight is 235 g/mol. The second-order valence-electron chi connectivity index (χ2n) is 3.76. The average Bonchev–Trinajstić information content (AvgIpc) is 2.69. The van der Waals surface area contributed by atoms with Gasteiger partial charge >= 0.3 is 0 Å². The molecule has 0 fully saturated rings. The third-order valence-corrected chi connectivity index (χ3v) is 2.39. The summed E-state index contributed by atoms with van der Waals surface area (Å²) in [6.07, 6.45) is 1.77. The highest BCUT2D eigenvalue weighted by molar-refractivity contribution is 5.32. The Bertz CT molecular complexity index is 510. The molecule has 2 N–H and O–H groups in total. The largest absolute Gasteiger partial charge is 0.491 e. The Labute approximate surface area is 98.8 Å². The molecule has 17 heavy (non-hydrogen) atoms. The van der Waals surface area contributed by atoms with Gasteiger partial charge in [0.25, 0.3) is 0 Å². The molecule has 5 heteroatoms. The van der Waals surface area contributed by atoms with Gasteiger partial charge in [0.2, 0.25) is 0 Å². The molecule has 0 aliphatic carbocycles. The normalized spacial score (nSPS) is 10.5. The second-order valence-corrected chi connectivity index (χ2v) is 3.76. The Hall–Kier alpha value is -2.04. The van der Waals surface area contributed by atoms with Crippen LogP contribution in [0.2, 0.25) is 0 Å². The van der Waals surface area contributed by atoms with Crippen molar-refractivity contribution in [3.05, 3.63) is 41.8 Å². The van der Waals surface area contributed by atoms with Crippen LogP contribution in [0, 0.1) is 12.7 Å². The number of nitrogens with two attached hydrogens (primary N) is 1. The van der Waals surface area contributed by atoms with Crippen LogP contribution in [0.4, 0.5) is 10.2 Å². The summed E-state index contributed by atoms with van der Waals surface area (Å²) in [6.45, 7) is 2.87. The van der Waals surface area contributed by atoms with Gasteiger partial charge in [0.05, 0.1) is 6.54 Å². The number of nitrogen functional groups attached to an aromatic ring is 1. The van der Waals surface area contributed by atoms with Gasteiger partial charge in [-0.1, -0.05) is 6.07 Å². The van der Waals surface area contributed by atoms with Gasteiger partial charge in [-0.05, 0) is 24.6 Å². The fourth-order valence-electron chi connectivity index (χ4n) is 1.48. The third kappa shape index (κ3) is 2.96. The zero-order valence-electron chi connectivity index (χ0n) is 9.56. The predicted octanol–water partition coefficient (Wildman–Crippen LogP) is 1.99. The molecule has 0 saturated heterocycles. The van der Waals surface area contributed by atoms with Crippen molar-refractivity contribution in [3.63, 3.8) is 0 Å². The first-order valence-corrected chi connectivity index (χ1v) is 5.33. The summed E-state index contributed by atoms with van der Waals surface area (Å²) in [4.78, 5) is 0. The lowest BCUT2D eigenvalue weighted by Crippen LogP contribution is -2.09. The SMILES string of the molecule is Cc1ccc(F)cc1OCCn1ccc(N)n1. The molecule has 1 aromatic heterocycles. The number of halogens is 1. The van der Waals surface area contributed by atoms with Crippen LogP contribution < -0.4 is 10.5 Å². The van der Waals surface area contributed by atoms with Gasteiger partial charge in [-0.2, -0.15) is 5.10 Å². The van der Waals surface area contributed by atoms with Gasteiger partial charge < -0.3 is 10.5 Å². The van der Waals surface area contributed by atoms with E-state index in [1.54, 1.807) is 23.0 Å². The molecule has 0 aliphatic heterocycles.